The Hall–Kier alpha value is -1.43. The largest absolute Gasteiger partial charge is 0.479 e. The minimum absolute atomic E-state index is 0.0138. The second kappa shape index (κ2) is 7.85. The van der Waals surface area contributed by atoms with E-state index in [4.69, 9.17) is 9.16 Å². The highest BCUT2D eigenvalue weighted by Crippen LogP contribution is 2.37. The Labute approximate surface area is 152 Å². The summed E-state index contributed by atoms with van der Waals surface area (Å²) in [5.41, 5.74) is 3.47. The van der Waals surface area contributed by atoms with Crippen molar-refractivity contribution in [1.29, 1.82) is 0 Å². The highest BCUT2D eigenvalue weighted by Gasteiger charge is 2.40. The predicted octanol–water partition coefficient (Wildman–Crippen LogP) is 4.51. The highest BCUT2D eigenvalue weighted by molar-refractivity contribution is 6.74. The zero-order valence-corrected chi connectivity index (χ0v) is 17.0. The Morgan fingerprint density at radius 1 is 1.28 bits per heavy atom. The fourth-order valence-corrected chi connectivity index (χ4v) is 3.82. The van der Waals surface area contributed by atoms with Gasteiger partial charge in [-0.2, -0.15) is 0 Å². The molecule has 0 fully saturated rings. The molecule has 1 aliphatic rings. The molecule has 1 N–H and O–H groups in total. The molecule has 0 spiro atoms. The second-order valence-corrected chi connectivity index (χ2v) is 12.9. The first-order chi connectivity index (χ1) is 11.6. The van der Waals surface area contributed by atoms with Crippen LogP contribution in [-0.2, 0) is 20.4 Å². The number of ether oxygens (including phenoxy) is 1. The SMILES string of the molecule is CC(C)(C)[Si](C)(C)O[C@H](Cc1ccc(C2=CCOCC2)cc1)C(=O)O. The quantitative estimate of drug-likeness (QED) is 0.757. The summed E-state index contributed by atoms with van der Waals surface area (Å²) in [7, 11) is -2.13. The van der Waals surface area contributed by atoms with E-state index in [-0.39, 0.29) is 5.04 Å². The topological polar surface area (TPSA) is 55.8 Å². The average Bonchev–Trinajstić information content (AvgIpc) is 2.54. The lowest BCUT2D eigenvalue weighted by molar-refractivity contribution is -0.145. The Bertz CT molecular complexity index is 626. The minimum Gasteiger partial charge on any atom is -0.479 e. The van der Waals surface area contributed by atoms with Crippen molar-refractivity contribution in [2.75, 3.05) is 13.2 Å². The van der Waals surface area contributed by atoms with Gasteiger partial charge in [-0.1, -0.05) is 51.1 Å². The van der Waals surface area contributed by atoms with Crippen molar-refractivity contribution in [3.63, 3.8) is 0 Å². The molecule has 1 heterocycles. The van der Waals surface area contributed by atoms with Gasteiger partial charge >= 0.3 is 5.97 Å². The standard InChI is InChI=1S/C20H30O4Si/c1-20(2,3)25(4,5)24-18(19(21)22)14-15-6-8-16(9-7-15)17-10-12-23-13-11-17/h6-10,18H,11-14H2,1-5H3,(H,21,22)/t18-/m1/s1. The minimum atomic E-state index is -2.13. The summed E-state index contributed by atoms with van der Waals surface area (Å²) in [5, 5.41) is 9.58. The van der Waals surface area contributed by atoms with Crippen molar-refractivity contribution in [2.45, 2.75) is 57.8 Å². The maximum atomic E-state index is 11.7. The predicted molar refractivity (Wildman–Crippen MR) is 103 cm³/mol. The van der Waals surface area contributed by atoms with Crippen LogP contribution < -0.4 is 0 Å². The molecule has 0 bridgehead atoms. The molecule has 25 heavy (non-hydrogen) atoms. The van der Waals surface area contributed by atoms with Gasteiger partial charge in [0.15, 0.2) is 8.32 Å². The molecule has 0 unspecified atom stereocenters. The lowest BCUT2D eigenvalue weighted by Crippen LogP contribution is -2.46. The normalized spacial score (nSPS) is 17.1. The van der Waals surface area contributed by atoms with Crippen molar-refractivity contribution in [2.24, 2.45) is 0 Å². The summed E-state index contributed by atoms with van der Waals surface area (Å²) >= 11 is 0. The average molecular weight is 363 g/mol. The Balaban J connectivity index is 2.09. The van der Waals surface area contributed by atoms with Gasteiger partial charge in [-0.25, -0.2) is 4.79 Å². The number of aliphatic carboxylic acids is 1. The molecule has 1 aromatic carbocycles. The summed E-state index contributed by atoms with van der Waals surface area (Å²) in [4.78, 5) is 11.7. The maximum Gasteiger partial charge on any atom is 0.331 e. The van der Waals surface area contributed by atoms with E-state index in [1.807, 2.05) is 12.1 Å². The summed E-state index contributed by atoms with van der Waals surface area (Å²) in [5.74, 6) is -0.888. The first-order valence-electron chi connectivity index (χ1n) is 8.87. The molecule has 5 heteroatoms. The zero-order valence-electron chi connectivity index (χ0n) is 16.0. The zero-order chi connectivity index (χ0) is 18.7. The molecular weight excluding hydrogens is 332 g/mol. The van der Waals surface area contributed by atoms with E-state index >= 15 is 0 Å². The molecule has 0 saturated heterocycles. The summed E-state index contributed by atoms with van der Waals surface area (Å²) in [6, 6.07) is 8.16. The third-order valence-corrected chi connectivity index (χ3v) is 9.71. The number of benzene rings is 1. The van der Waals surface area contributed by atoms with E-state index < -0.39 is 20.4 Å². The Morgan fingerprint density at radius 2 is 1.92 bits per heavy atom. The first kappa shape index (κ1) is 19.9. The van der Waals surface area contributed by atoms with Gasteiger partial charge in [0, 0.05) is 6.42 Å². The molecule has 1 atom stereocenters. The molecule has 0 saturated carbocycles. The van der Waals surface area contributed by atoms with Crippen LogP contribution in [0.1, 0.15) is 38.3 Å². The molecule has 0 radical (unpaired) electrons. The van der Waals surface area contributed by atoms with Crippen LogP contribution in [0, 0.1) is 0 Å². The number of hydrogen-bond acceptors (Lipinski definition) is 3. The smallest absolute Gasteiger partial charge is 0.331 e. The van der Waals surface area contributed by atoms with Crippen molar-refractivity contribution >= 4 is 19.9 Å². The van der Waals surface area contributed by atoms with Crippen molar-refractivity contribution in [3.8, 4) is 0 Å². The van der Waals surface area contributed by atoms with Gasteiger partial charge in [0.25, 0.3) is 0 Å². The molecule has 0 amide bonds. The van der Waals surface area contributed by atoms with E-state index in [2.05, 4.69) is 52.1 Å². The van der Waals surface area contributed by atoms with Crippen LogP contribution in [0.5, 0.6) is 0 Å². The number of carboxylic acids is 1. The van der Waals surface area contributed by atoms with E-state index in [1.54, 1.807) is 0 Å². The third-order valence-electron chi connectivity index (χ3n) is 5.23. The van der Waals surface area contributed by atoms with E-state index in [0.29, 0.717) is 13.0 Å². The lowest BCUT2D eigenvalue weighted by atomic mass is 9.99. The Morgan fingerprint density at radius 3 is 2.40 bits per heavy atom. The van der Waals surface area contributed by atoms with Gasteiger partial charge < -0.3 is 14.3 Å². The first-order valence-corrected chi connectivity index (χ1v) is 11.8. The highest BCUT2D eigenvalue weighted by atomic mass is 28.4. The van der Waals surface area contributed by atoms with Gasteiger partial charge in [-0.05, 0) is 41.3 Å². The number of hydrogen-bond donors (Lipinski definition) is 1. The van der Waals surface area contributed by atoms with Crippen LogP contribution in [0.3, 0.4) is 0 Å². The summed E-state index contributed by atoms with van der Waals surface area (Å²) < 4.78 is 11.5. The molecule has 1 aliphatic heterocycles. The van der Waals surface area contributed by atoms with Gasteiger partial charge in [0.2, 0.25) is 0 Å². The molecule has 0 aliphatic carbocycles. The fraction of sp³-hybridized carbons (Fsp3) is 0.550. The van der Waals surface area contributed by atoms with Crippen LogP contribution >= 0.6 is 0 Å². The molecule has 2 rings (SSSR count). The maximum absolute atomic E-state index is 11.7. The van der Waals surface area contributed by atoms with Crippen LogP contribution in [0.15, 0.2) is 30.3 Å². The number of carbonyl (C=O) groups is 1. The van der Waals surface area contributed by atoms with E-state index in [0.717, 1.165) is 18.6 Å². The lowest BCUT2D eigenvalue weighted by Gasteiger charge is -2.38. The molecule has 4 nitrogen and oxygen atoms in total. The number of carboxylic acid groups (broad SMARTS) is 1. The summed E-state index contributed by atoms with van der Waals surface area (Å²) in [6.45, 7) is 12.0. The van der Waals surface area contributed by atoms with E-state index in [9.17, 15) is 9.90 Å². The summed E-state index contributed by atoms with van der Waals surface area (Å²) in [6.07, 6.45) is 2.63. The van der Waals surface area contributed by atoms with Crippen molar-refractivity contribution < 1.29 is 19.1 Å². The van der Waals surface area contributed by atoms with Gasteiger partial charge in [-0.15, -0.1) is 0 Å². The molecule has 1 aromatic rings. The van der Waals surface area contributed by atoms with Crippen LogP contribution in [0.25, 0.3) is 5.57 Å². The molecule has 0 aromatic heterocycles. The molecule has 138 valence electrons. The second-order valence-electron chi connectivity index (χ2n) is 8.16. The van der Waals surface area contributed by atoms with Crippen LogP contribution in [0.2, 0.25) is 18.1 Å². The van der Waals surface area contributed by atoms with Gasteiger partial charge in [0.05, 0.1) is 13.2 Å². The molecular formula is C20H30O4Si. The van der Waals surface area contributed by atoms with E-state index in [1.165, 1.54) is 11.1 Å². The van der Waals surface area contributed by atoms with Crippen LogP contribution in [-0.4, -0.2) is 38.7 Å². The fourth-order valence-electron chi connectivity index (χ4n) is 2.57. The van der Waals surface area contributed by atoms with Crippen molar-refractivity contribution in [3.05, 3.63) is 41.5 Å². The Kier molecular flexibility index (Phi) is 6.24. The van der Waals surface area contributed by atoms with Gasteiger partial charge in [0.1, 0.15) is 6.10 Å². The van der Waals surface area contributed by atoms with Crippen LogP contribution in [0.4, 0.5) is 0 Å². The third kappa shape index (κ3) is 5.27. The van der Waals surface area contributed by atoms with Gasteiger partial charge in [-0.3, -0.25) is 0 Å². The monoisotopic (exact) mass is 362 g/mol. The van der Waals surface area contributed by atoms with Crippen molar-refractivity contribution in [1.82, 2.24) is 0 Å². The number of rotatable bonds is 6.